The Balaban J connectivity index is 1.72. The van der Waals surface area contributed by atoms with E-state index in [2.05, 4.69) is 9.97 Å². The molecular formula is C26H27F3N4O. The van der Waals surface area contributed by atoms with E-state index < -0.39 is 17.8 Å². The smallest absolute Gasteiger partial charge is 0.314 e. The lowest BCUT2D eigenvalue weighted by molar-refractivity contribution is -0.137. The molecule has 1 fully saturated rings. The van der Waals surface area contributed by atoms with Gasteiger partial charge in [-0.25, -0.2) is 9.97 Å². The lowest BCUT2D eigenvalue weighted by atomic mass is 10.0. The maximum absolute atomic E-state index is 14.0. The number of aromatic nitrogens is 2. The van der Waals surface area contributed by atoms with Gasteiger partial charge in [0.1, 0.15) is 12.4 Å². The standard InChI is InChI=1S/C26H27F3N4O/c1-3-19-8-4-5-10-23(19)32(2)25(34)24(20-14-30-17-31-15-20)33(22-11-12-22)16-18-7-6-9-21(13-18)26(27,28)29/h4-10,13-15,17,22,24H,3,11-12,16H2,1-2H3. The van der Waals surface area contributed by atoms with Crippen molar-refractivity contribution in [2.24, 2.45) is 0 Å². The summed E-state index contributed by atoms with van der Waals surface area (Å²) in [7, 11) is 1.74. The van der Waals surface area contributed by atoms with E-state index in [1.54, 1.807) is 30.4 Å². The molecule has 1 aromatic heterocycles. The fourth-order valence-corrected chi connectivity index (χ4v) is 4.26. The number of nitrogens with zero attached hydrogens (tertiary/aromatic N) is 4. The maximum atomic E-state index is 14.0. The van der Waals surface area contributed by atoms with Crippen LogP contribution in [-0.2, 0) is 23.9 Å². The Morgan fingerprint density at radius 1 is 1.09 bits per heavy atom. The summed E-state index contributed by atoms with van der Waals surface area (Å²) in [6.07, 6.45) is 2.72. The molecule has 1 atom stereocenters. The number of carbonyl (C=O) groups is 1. The number of likely N-dealkylation sites (N-methyl/N-ethyl adjacent to an activating group) is 1. The molecule has 1 aliphatic carbocycles. The minimum atomic E-state index is -4.42. The predicted octanol–water partition coefficient (Wildman–Crippen LogP) is 5.43. The number of amides is 1. The van der Waals surface area contributed by atoms with Crippen LogP contribution in [0.1, 0.15) is 48.1 Å². The Bertz CT molecular complexity index is 1130. The van der Waals surface area contributed by atoms with Gasteiger partial charge in [0.25, 0.3) is 0 Å². The van der Waals surface area contributed by atoms with Crippen molar-refractivity contribution in [1.29, 1.82) is 0 Å². The number of anilines is 1. The van der Waals surface area contributed by atoms with Crippen molar-refractivity contribution in [3.63, 3.8) is 0 Å². The first-order valence-electron chi connectivity index (χ1n) is 11.3. The molecule has 1 saturated carbocycles. The second-order valence-corrected chi connectivity index (χ2v) is 8.56. The highest BCUT2D eigenvalue weighted by Crippen LogP contribution is 2.38. The first-order chi connectivity index (χ1) is 16.3. The maximum Gasteiger partial charge on any atom is 0.416 e. The molecule has 0 saturated heterocycles. The third-order valence-corrected chi connectivity index (χ3v) is 6.16. The molecule has 1 amide bonds. The average molecular weight is 469 g/mol. The van der Waals surface area contributed by atoms with Gasteiger partial charge in [-0.05, 0) is 42.5 Å². The summed E-state index contributed by atoms with van der Waals surface area (Å²) in [6, 6.07) is 12.4. The van der Waals surface area contributed by atoms with Gasteiger partial charge in [0.2, 0.25) is 5.91 Å². The number of aryl methyl sites for hydroxylation is 1. The van der Waals surface area contributed by atoms with Crippen molar-refractivity contribution >= 4 is 11.6 Å². The van der Waals surface area contributed by atoms with E-state index in [-0.39, 0.29) is 18.5 Å². The van der Waals surface area contributed by atoms with E-state index in [1.807, 2.05) is 36.1 Å². The summed E-state index contributed by atoms with van der Waals surface area (Å²) < 4.78 is 39.9. The van der Waals surface area contributed by atoms with Gasteiger partial charge in [-0.1, -0.05) is 43.3 Å². The molecule has 1 unspecified atom stereocenters. The largest absolute Gasteiger partial charge is 0.416 e. The van der Waals surface area contributed by atoms with Crippen LogP contribution >= 0.6 is 0 Å². The van der Waals surface area contributed by atoms with Crippen LogP contribution < -0.4 is 4.90 Å². The predicted molar refractivity (Wildman–Crippen MR) is 124 cm³/mol. The molecule has 0 aliphatic heterocycles. The highest BCUT2D eigenvalue weighted by molar-refractivity contribution is 5.98. The number of para-hydroxylation sites is 1. The molecule has 8 heteroatoms. The van der Waals surface area contributed by atoms with Crippen molar-refractivity contribution < 1.29 is 18.0 Å². The van der Waals surface area contributed by atoms with Crippen LogP contribution in [0, 0.1) is 0 Å². The van der Waals surface area contributed by atoms with E-state index >= 15 is 0 Å². The number of carbonyl (C=O) groups excluding carboxylic acids is 1. The summed E-state index contributed by atoms with van der Waals surface area (Å²) in [6.45, 7) is 2.24. The van der Waals surface area contributed by atoms with Gasteiger partial charge in [0.05, 0.1) is 5.56 Å². The normalized spacial score (nSPS) is 14.8. The zero-order valence-corrected chi connectivity index (χ0v) is 19.2. The number of halogens is 3. The first-order valence-corrected chi connectivity index (χ1v) is 11.3. The van der Waals surface area contributed by atoms with Crippen LogP contribution in [0.2, 0.25) is 0 Å². The van der Waals surface area contributed by atoms with E-state index in [4.69, 9.17) is 0 Å². The summed E-state index contributed by atoms with van der Waals surface area (Å²) in [4.78, 5) is 25.8. The van der Waals surface area contributed by atoms with Gasteiger partial charge in [-0.2, -0.15) is 13.2 Å². The van der Waals surface area contributed by atoms with Crippen molar-refractivity contribution in [2.45, 2.75) is 51.0 Å². The van der Waals surface area contributed by atoms with Gasteiger partial charge >= 0.3 is 6.18 Å². The van der Waals surface area contributed by atoms with Crippen LogP contribution in [0.4, 0.5) is 18.9 Å². The molecule has 0 bridgehead atoms. The van der Waals surface area contributed by atoms with Gasteiger partial charge < -0.3 is 4.90 Å². The Hall–Kier alpha value is -3.26. The Morgan fingerprint density at radius 3 is 2.44 bits per heavy atom. The Morgan fingerprint density at radius 2 is 1.79 bits per heavy atom. The van der Waals surface area contributed by atoms with Gasteiger partial charge in [0.15, 0.2) is 0 Å². The number of benzene rings is 2. The third kappa shape index (κ3) is 5.28. The molecule has 0 radical (unpaired) electrons. The molecule has 1 heterocycles. The third-order valence-electron chi connectivity index (χ3n) is 6.16. The minimum Gasteiger partial charge on any atom is -0.314 e. The number of hydrogen-bond acceptors (Lipinski definition) is 4. The molecular weight excluding hydrogens is 441 g/mol. The van der Waals surface area contributed by atoms with Crippen molar-refractivity contribution in [3.05, 3.63) is 89.5 Å². The molecule has 3 aromatic rings. The van der Waals surface area contributed by atoms with Crippen LogP contribution in [0.5, 0.6) is 0 Å². The van der Waals surface area contributed by atoms with Crippen LogP contribution in [-0.4, -0.2) is 33.9 Å². The second-order valence-electron chi connectivity index (χ2n) is 8.56. The van der Waals surface area contributed by atoms with Gasteiger partial charge in [0, 0.05) is 43.3 Å². The molecule has 1 aliphatic rings. The number of rotatable bonds is 8. The highest BCUT2D eigenvalue weighted by atomic mass is 19.4. The average Bonchev–Trinajstić information content (AvgIpc) is 3.69. The first kappa shape index (κ1) is 23.9. The minimum absolute atomic E-state index is 0.0958. The number of alkyl halides is 3. The van der Waals surface area contributed by atoms with Crippen molar-refractivity contribution in [2.75, 3.05) is 11.9 Å². The summed E-state index contributed by atoms with van der Waals surface area (Å²) in [5.74, 6) is -0.172. The van der Waals surface area contributed by atoms with Gasteiger partial charge in [-0.3, -0.25) is 9.69 Å². The Kier molecular flexibility index (Phi) is 6.97. The van der Waals surface area contributed by atoms with Crippen molar-refractivity contribution in [1.82, 2.24) is 14.9 Å². The van der Waals surface area contributed by atoms with E-state index in [0.717, 1.165) is 42.6 Å². The lowest BCUT2D eigenvalue weighted by Crippen LogP contribution is -2.43. The molecule has 5 nitrogen and oxygen atoms in total. The second kappa shape index (κ2) is 9.93. The zero-order valence-electron chi connectivity index (χ0n) is 19.2. The fourth-order valence-electron chi connectivity index (χ4n) is 4.26. The Labute approximate surface area is 197 Å². The van der Waals surface area contributed by atoms with E-state index in [1.165, 1.54) is 12.4 Å². The summed E-state index contributed by atoms with van der Waals surface area (Å²) >= 11 is 0. The fraction of sp³-hybridized carbons (Fsp3) is 0.346. The molecule has 2 aromatic carbocycles. The molecule has 4 rings (SSSR count). The van der Waals surface area contributed by atoms with Crippen LogP contribution in [0.25, 0.3) is 0 Å². The molecule has 0 spiro atoms. The lowest BCUT2D eigenvalue weighted by Gasteiger charge is -2.34. The number of hydrogen-bond donors (Lipinski definition) is 0. The molecule has 0 N–H and O–H groups in total. The molecule has 34 heavy (non-hydrogen) atoms. The monoisotopic (exact) mass is 468 g/mol. The topological polar surface area (TPSA) is 49.3 Å². The van der Waals surface area contributed by atoms with Crippen LogP contribution in [0.3, 0.4) is 0 Å². The highest BCUT2D eigenvalue weighted by Gasteiger charge is 2.40. The SMILES string of the molecule is CCc1ccccc1N(C)C(=O)C(c1cncnc1)N(Cc1cccc(C(F)(F)F)c1)C1CC1. The van der Waals surface area contributed by atoms with E-state index in [9.17, 15) is 18.0 Å². The zero-order chi connectivity index (χ0) is 24.3. The van der Waals surface area contributed by atoms with Crippen molar-refractivity contribution in [3.8, 4) is 0 Å². The summed E-state index contributed by atoms with van der Waals surface area (Å²) in [5, 5.41) is 0. The summed E-state index contributed by atoms with van der Waals surface area (Å²) in [5.41, 5.74) is 2.28. The molecule has 178 valence electrons. The van der Waals surface area contributed by atoms with Gasteiger partial charge in [-0.15, -0.1) is 0 Å². The quantitative estimate of drug-likeness (QED) is 0.443. The van der Waals surface area contributed by atoms with E-state index in [0.29, 0.717) is 11.1 Å². The van der Waals surface area contributed by atoms with Crippen LogP contribution in [0.15, 0.2) is 67.3 Å².